The van der Waals surface area contributed by atoms with Gasteiger partial charge in [-0.05, 0) is 30.7 Å². The highest BCUT2D eigenvalue weighted by Crippen LogP contribution is 2.31. The second-order valence-electron chi connectivity index (χ2n) is 8.98. The zero-order chi connectivity index (χ0) is 25.3. The fraction of sp³-hybridized carbons (Fsp3) is 0.481. The Labute approximate surface area is 212 Å². The summed E-state index contributed by atoms with van der Waals surface area (Å²) in [5, 5.41) is 15.1. The summed E-state index contributed by atoms with van der Waals surface area (Å²) in [5.74, 6) is 2.30. The molecule has 0 bridgehead atoms. The second kappa shape index (κ2) is 12.8. The highest BCUT2D eigenvalue weighted by atomic mass is 16.5. The Morgan fingerprint density at radius 1 is 1.06 bits per heavy atom. The van der Waals surface area contributed by atoms with Gasteiger partial charge in [0.2, 0.25) is 11.7 Å². The van der Waals surface area contributed by atoms with E-state index >= 15 is 0 Å². The van der Waals surface area contributed by atoms with Gasteiger partial charge in [-0.25, -0.2) is 0 Å². The summed E-state index contributed by atoms with van der Waals surface area (Å²) in [6, 6.07) is 16.0. The number of nitrogens with zero attached hydrogens (tertiary/aromatic N) is 4. The van der Waals surface area contributed by atoms with Gasteiger partial charge in [-0.15, -0.1) is 0 Å². The molecule has 0 radical (unpaired) electrons. The number of hydrogen-bond acceptors (Lipinski definition) is 9. The minimum Gasteiger partial charge on any atom is -0.493 e. The number of benzene rings is 2. The molecule has 4 rings (SSSR count). The molecule has 1 aliphatic heterocycles. The van der Waals surface area contributed by atoms with Gasteiger partial charge in [-0.1, -0.05) is 35.5 Å². The summed E-state index contributed by atoms with van der Waals surface area (Å²) in [5.41, 5.74) is 1.99. The molecule has 0 amide bonds. The summed E-state index contributed by atoms with van der Waals surface area (Å²) in [4.78, 5) is 9.14. The minimum atomic E-state index is -0.473. The van der Waals surface area contributed by atoms with Crippen molar-refractivity contribution in [2.45, 2.75) is 25.5 Å². The number of aliphatic hydroxyl groups is 1. The molecule has 194 valence electrons. The van der Waals surface area contributed by atoms with E-state index in [1.807, 2.05) is 36.4 Å². The predicted molar refractivity (Wildman–Crippen MR) is 136 cm³/mol. The van der Waals surface area contributed by atoms with Gasteiger partial charge in [0.25, 0.3) is 0 Å². The van der Waals surface area contributed by atoms with Crippen molar-refractivity contribution in [3.8, 4) is 22.9 Å². The third kappa shape index (κ3) is 6.82. The fourth-order valence-corrected chi connectivity index (χ4v) is 4.48. The molecule has 1 N–H and O–H groups in total. The van der Waals surface area contributed by atoms with E-state index in [1.165, 1.54) is 5.56 Å². The number of ether oxygens (including phenoxy) is 3. The monoisotopic (exact) mass is 496 g/mol. The Hall–Kier alpha value is -2.98. The second-order valence-corrected chi connectivity index (χ2v) is 8.98. The van der Waals surface area contributed by atoms with Crippen molar-refractivity contribution in [1.82, 2.24) is 19.9 Å². The van der Waals surface area contributed by atoms with Crippen LogP contribution in [0.25, 0.3) is 11.4 Å². The van der Waals surface area contributed by atoms with Crippen LogP contribution in [0.15, 0.2) is 53.1 Å². The Bertz CT molecular complexity index is 1070. The van der Waals surface area contributed by atoms with Gasteiger partial charge in [0.05, 0.1) is 33.5 Å². The number of β-amino-alcohol motifs (C(OH)–C–C–N with tert-alkyl or cyclic N) is 1. The lowest BCUT2D eigenvalue weighted by Crippen LogP contribution is -2.45. The number of aromatic nitrogens is 2. The van der Waals surface area contributed by atoms with Gasteiger partial charge in [0, 0.05) is 50.7 Å². The van der Waals surface area contributed by atoms with Crippen molar-refractivity contribution >= 4 is 0 Å². The Morgan fingerprint density at radius 2 is 1.81 bits per heavy atom. The van der Waals surface area contributed by atoms with Gasteiger partial charge >= 0.3 is 0 Å². The smallest absolute Gasteiger partial charge is 0.228 e. The lowest BCUT2D eigenvalue weighted by Gasteiger charge is -2.34. The summed E-state index contributed by atoms with van der Waals surface area (Å²) < 4.78 is 21.7. The van der Waals surface area contributed by atoms with E-state index in [4.69, 9.17) is 18.7 Å². The molecule has 1 saturated heterocycles. The van der Waals surface area contributed by atoms with Crippen LogP contribution in [0.2, 0.25) is 0 Å². The number of hydrogen-bond donors (Lipinski definition) is 1. The Balaban J connectivity index is 1.43. The summed E-state index contributed by atoms with van der Waals surface area (Å²) >= 11 is 0. The molecule has 0 saturated carbocycles. The molecular weight excluding hydrogens is 460 g/mol. The van der Waals surface area contributed by atoms with Crippen molar-refractivity contribution in [2.24, 2.45) is 0 Å². The SMILES string of the molecule is COc1ccc(-c2noc(CCN(CC(O)CN3CCOCC3)C(C)c3ccccc3)n2)cc1OC. The third-order valence-corrected chi connectivity index (χ3v) is 6.57. The predicted octanol–water partition coefficient (Wildman–Crippen LogP) is 3.05. The minimum absolute atomic E-state index is 0.124. The highest BCUT2D eigenvalue weighted by molar-refractivity contribution is 5.60. The molecule has 1 aromatic heterocycles. The quantitative estimate of drug-likeness (QED) is 0.406. The average molecular weight is 497 g/mol. The van der Waals surface area contributed by atoms with Crippen LogP contribution in [0.3, 0.4) is 0 Å². The van der Waals surface area contributed by atoms with Gasteiger partial charge in [-0.2, -0.15) is 4.98 Å². The maximum atomic E-state index is 10.9. The number of aliphatic hydroxyl groups excluding tert-OH is 1. The maximum Gasteiger partial charge on any atom is 0.228 e. The number of morpholine rings is 1. The zero-order valence-electron chi connectivity index (χ0n) is 21.3. The van der Waals surface area contributed by atoms with E-state index in [0.717, 1.165) is 31.9 Å². The van der Waals surface area contributed by atoms with Crippen LogP contribution < -0.4 is 9.47 Å². The first-order valence-electron chi connectivity index (χ1n) is 12.4. The molecule has 36 heavy (non-hydrogen) atoms. The summed E-state index contributed by atoms with van der Waals surface area (Å²) in [7, 11) is 3.20. The van der Waals surface area contributed by atoms with Gasteiger partial charge in [-0.3, -0.25) is 9.80 Å². The zero-order valence-corrected chi connectivity index (χ0v) is 21.3. The molecule has 3 aromatic rings. The van der Waals surface area contributed by atoms with Crippen molar-refractivity contribution < 1.29 is 23.8 Å². The lowest BCUT2D eigenvalue weighted by molar-refractivity contribution is 0.00347. The molecule has 0 aliphatic carbocycles. The van der Waals surface area contributed by atoms with Crippen LogP contribution in [0, 0.1) is 0 Å². The van der Waals surface area contributed by atoms with Gasteiger partial charge in [0.15, 0.2) is 11.5 Å². The molecular formula is C27H36N4O5. The lowest BCUT2D eigenvalue weighted by atomic mass is 10.1. The van der Waals surface area contributed by atoms with Gasteiger partial charge < -0.3 is 23.8 Å². The van der Waals surface area contributed by atoms with Crippen molar-refractivity contribution in [1.29, 1.82) is 0 Å². The van der Waals surface area contributed by atoms with E-state index in [9.17, 15) is 5.11 Å². The molecule has 2 aromatic carbocycles. The molecule has 9 heteroatoms. The normalized spacial score (nSPS) is 16.1. The Morgan fingerprint density at radius 3 is 2.53 bits per heavy atom. The number of rotatable bonds is 12. The first-order chi connectivity index (χ1) is 17.6. The van der Waals surface area contributed by atoms with Crippen molar-refractivity contribution in [3.63, 3.8) is 0 Å². The average Bonchev–Trinajstić information content (AvgIpc) is 3.40. The molecule has 1 aliphatic rings. The highest BCUT2D eigenvalue weighted by Gasteiger charge is 2.23. The molecule has 9 nitrogen and oxygen atoms in total. The molecule has 1 fully saturated rings. The van der Waals surface area contributed by atoms with Crippen LogP contribution in [0.4, 0.5) is 0 Å². The first kappa shape index (κ1) is 26.1. The topological polar surface area (TPSA) is 93.3 Å². The van der Waals surface area contributed by atoms with E-state index in [-0.39, 0.29) is 6.04 Å². The first-order valence-corrected chi connectivity index (χ1v) is 12.4. The number of methoxy groups -OCH3 is 2. The molecule has 0 spiro atoms. The van der Waals surface area contributed by atoms with E-state index in [1.54, 1.807) is 14.2 Å². The molecule has 2 atom stereocenters. The largest absolute Gasteiger partial charge is 0.493 e. The third-order valence-electron chi connectivity index (χ3n) is 6.57. The molecule has 2 unspecified atom stereocenters. The van der Waals surface area contributed by atoms with Crippen LogP contribution >= 0.6 is 0 Å². The van der Waals surface area contributed by atoms with Gasteiger partial charge in [0.1, 0.15) is 0 Å². The van der Waals surface area contributed by atoms with Crippen LogP contribution in [-0.2, 0) is 11.2 Å². The van der Waals surface area contributed by atoms with Crippen LogP contribution in [0.1, 0.15) is 24.4 Å². The van der Waals surface area contributed by atoms with E-state index in [2.05, 4.69) is 39.0 Å². The van der Waals surface area contributed by atoms with Crippen molar-refractivity contribution in [2.75, 3.05) is 60.2 Å². The summed E-state index contributed by atoms with van der Waals surface area (Å²) in [6.07, 6.45) is 0.0983. The summed E-state index contributed by atoms with van der Waals surface area (Å²) in [6.45, 7) is 7.16. The van der Waals surface area contributed by atoms with Crippen LogP contribution in [0.5, 0.6) is 11.5 Å². The van der Waals surface area contributed by atoms with E-state index in [0.29, 0.717) is 49.3 Å². The van der Waals surface area contributed by atoms with E-state index < -0.39 is 6.10 Å². The molecule has 2 heterocycles. The van der Waals surface area contributed by atoms with Crippen molar-refractivity contribution in [3.05, 3.63) is 60.0 Å². The van der Waals surface area contributed by atoms with Crippen LogP contribution in [-0.4, -0.2) is 91.3 Å². The Kier molecular flexibility index (Phi) is 9.29. The standard InChI is InChI=1S/C27H36N4O5/c1-20(21-7-5-4-6-8-21)31(19-23(32)18-30-13-15-35-16-14-30)12-11-26-28-27(29-36-26)22-9-10-24(33-2)25(17-22)34-3/h4-10,17,20,23,32H,11-16,18-19H2,1-3H3. The fourth-order valence-electron chi connectivity index (χ4n) is 4.48. The maximum absolute atomic E-state index is 10.9.